The molecule has 0 saturated carbocycles. The van der Waals surface area contributed by atoms with Crippen LogP contribution in [0.15, 0.2) is 24.3 Å². The Hall–Kier alpha value is -1.21. The van der Waals surface area contributed by atoms with Crippen LogP contribution in [0.1, 0.15) is 25.5 Å². The van der Waals surface area contributed by atoms with Crippen molar-refractivity contribution >= 4 is 10.0 Å². The summed E-state index contributed by atoms with van der Waals surface area (Å²) in [6.07, 6.45) is 0. The first-order chi connectivity index (χ1) is 8.34. The number of benzene rings is 1. The molecule has 1 rings (SSSR count). The van der Waals surface area contributed by atoms with Gasteiger partial charge in [-0.1, -0.05) is 12.1 Å². The molecule has 0 amide bonds. The van der Waals surface area contributed by atoms with Gasteiger partial charge in [0.1, 0.15) is 5.75 Å². The van der Waals surface area contributed by atoms with Crippen LogP contribution in [-0.2, 0) is 10.0 Å². The molecule has 102 valence electrons. The first kappa shape index (κ1) is 14.8. The molecule has 1 aromatic rings. The summed E-state index contributed by atoms with van der Waals surface area (Å²) in [5.41, 5.74) is 0.675. The Kier molecular flexibility index (Phi) is 5.03. The number of rotatable bonds is 6. The van der Waals surface area contributed by atoms with Gasteiger partial charge in [0.2, 0.25) is 10.0 Å². The van der Waals surface area contributed by atoms with Gasteiger partial charge in [-0.05, 0) is 31.5 Å². The Morgan fingerprint density at radius 2 is 1.83 bits per heavy atom. The zero-order valence-electron chi connectivity index (χ0n) is 10.1. The molecular weight excluding hydrogens is 264 g/mol. The average Bonchev–Trinajstić information content (AvgIpc) is 2.28. The van der Waals surface area contributed by atoms with E-state index in [1.54, 1.807) is 19.1 Å². The molecule has 0 aliphatic heterocycles. The predicted molar refractivity (Wildman–Crippen MR) is 64.1 cm³/mol. The highest BCUT2D eigenvalue weighted by atomic mass is 32.2. The van der Waals surface area contributed by atoms with Gasteiger partial charge in [0, 0.05) is 6.04 Å². The molecule has 1 atom stereocenters. The van der Waals surface area contributed by atoms with E-state index in [1.807, 2.05) is 0 Å². The van der Waals surface area contributed by atoms with Crippen LogP contribution in [0, 0.1) is 0 Å². The maximum absolute atomic E-state index is 11.9. The normalized spacial score (nSPS) is 13.6. The van der Waals surface area contributed by atoms with E-state index >= 15 is 0 Å². The van der Waals surface area contributed by atoms with Crippen molar-refractivity contribution in [3.8, 4) is 5.75 Å². The van der Waals surface area contributed by atoms with Gasteiger partial charge in [-0.25, -0.2) is 13.1 Å². The molecule has 1 N–H and O–H groups in total. The Bertz CT molecular complexity index is 474. The Morgan fingerprint density at radius 1 is 1.28 bits per heavy atom. The second-order valence-electron chi connectivity index (χ2n) is 3.69. The van der Waals surface area contributed by atoms with Crippen LogP contribution in [0.25, 0.3) is 0 Å². The molecule has 0 heterocycles. The fourth-order valence-electron chi connectivity index (χ4n) is 1.36. The quantitative estimate of drug-likeness (QED) is 0.869. The summed E-state index contributed by atoms with van der Waals surface area (Å²) >= 11 is 0. The first-order valence-electron chi connectivity index (χ1n) is 5.39. The van der Waals surface area contributed by atoms with E-state index in [2.05, 4.69) is 9.46 Å². The molecule has 0 bridgehead atoms. The van der Waals surface area contributed by atoms with Gasteiger partial charge in [-0.3, -0.25) is 0 Å². The summed E-state index contributed by atoms with van der Waals surface area (Å²) in [6.45, 7) is 0.344. The van der Waals surface area contributed by atoms with Crippen molar-refractivity contribution in [3.63, 3.8) is 0 Å². The van der Waals surface area contributed by atoms with Crippen molar-refractivity contribution in [1.29, 1.82) is 0 Å². The Morgan fingerprint density at radius 3 is 2.28 bits per heavy atom. The summed E-state index contributed by atoms with van der Waals surface area (Å²) in [6, 6.07) is 5.41. The lowest BCUT2D eigenvalue weighted by molar-refractivity contribution is -0.0498. The van der Waals surface area contributed by atoms with E-state index in [0.29, 0.717) is 5.56 Å². The maximum atomic E-state index is 11.9. The van der Waals surface area contributed by atoms with E-state index in [-0.39, 0.29) is 11.5 Å². The summed E-state index contributed by atoms with van der Waals surface area (Å²) in [5.74, 6) is 0.0310. The minimum absolute atomic E-state index is 0.0100. The molecule has 18 heavy (non-hydrogen) atoms. The second kappa shape index (κ2) is 6.10. The maximum Gasteiger partial charge on any atom is 0.387 e. The zero-order valence-corrected chi connectivity index (χ0v) is 10.9. The molecule has 1 unspecified atom stereocenters. The summed E-state index contributed by atoms with van der Waals surface area (Å²) in [5, 5.41) is 0. The van der Waals surface area contributed by atoms with Crippen molar-refractivity contribution in [2.24, 2.45) is 0 Å². The summed E-state index contributed by atoms with van der Waals surface area (Å²) in [7, 11) is -3.30. The van der Waals surface area contributed by atoms with Gasteiger partial charge in [0.15, 0.2) is 0 Å². The van der Waals surface area contributed by atoms with Crippen molar-refractivity contribution in [3.05, 3.63) is 29.8 Å². The lowest BCUT2D eigenvalue weighted by Gasteiger charge is -2.14. The lowest BCUT2D eigenvalue weighted by atomic mass is 10.1. The number of halogens is 2. The molecule has 1 aromatic carbocycles. The smallest absolute Gasteiger partial charge is 0.387 e. The standard InChI is InChI=1S/C11H15F2NO3S/c1-3-18(15,16)14-8(2)9-4-6-10(7-5-9)17-11(12)13/h4-8,11,14H,3H2,1-2H3. The van der Waals surface area contributed by atoms with E-state index in [4.69, 9.17) is 0 Å². The number of ether oxygens (including phenoxy) is 1. The van der Waals surface area contributed by atoms with Gasteiger partial charge >= 0.3 is 6.61 Å². The summed E-state index contributed by atoms with van der Waals surface area (Å²) in [4.78, 5) is 0. The van der Waals surface area contributed by atoms with Gasteiger partial charge in [-0.2, -0.15) is 8.78 Å². The number of nitrogens with one attached hydrogen (secondary N) is 1. The molecule has 0 spiro atoms. The molecule has 0 radical (unpaired) electrons. The molecule has 0 aliphatic rings. The van der Waals surface area contributed by atoms with Crippen LogP contribution < -0.4 is 9.46 Å². The van der Waals surface area contributed by atoms with E-state index < -0.39 is 22.7 Å². The van der Waals surface area contributed by atoms with Gasteiger partial charge < -0.3 is 4.74 Å². The number of hydrogen-bond acceptors (Lipinski definition) is 3. The molecule has 0 aliphatic carbocycles. The molecule has 0 aromatic heterocycles. The van der Waals surface area contributed by atoms with Gasteiger partial charge in [-0.15, -0.1) is 0 Å². The van der Waals surface area contributed by atoms with Crippen molar-refractivity contribution in [2.45, 2.75) is 26.5 Å². The molecule has 4 nitrogen and oxygen atoms in total. The monoisotopic (exact) mass is 279 g/mol. The molecule has 7 heteroatoms. The van der Waals surface area contributed by atoms with Crippen LogP contribution in [0.3, 0.4) is 0 Å². The summed E-state index contributed by atoms with van der Waals surface area (Å²) < 4.78 is 53.3. The van der Waals surface area contributed by atoms with Crippen LogP contribution in [-0.4, -0.2) is 20.8 Å². The average molecular weight is 279 g/mol. The van der Waals surface area contributed by atoms with Crippen LogP contribution in [0.2, 0.25) is 0 Å². The van der Waals surface area contributed by atoms with E-state index in [9.17, 15) is 17.2 Å². The van der Waals surface area contributed by atoms with Crippen molar-refractivity contribution in [2.75, 3.05) is 5.75 Å². The molecule has 0 saturated heterocycles. The minimum Gasteiger partial charge on any atom is -0.435 e. The van der Waals surface area contributed by atoms with Crippen molar-refractivity contribution in [1.82, 2.24) is 4.72 Å². The predicted octanol–water partition coefficient (Wildman–Crippen LogP) is 2.29. The lowest BCUT2D eigenvalue weighted by Crippen LogP contribution is -2.28. The highest BCUT2D eigenvalue weighted by molar-refractivity contribution is 7.89. The number of sulfonamides is 1. The number of alkyl halides is 2. The van der Waals surface area contributed by atoms with Crippen LogP contribution in [0.5, 0.6) is 5.75 Å². The fraction of sp³-hybridized carbons (Fsp3) is 0.455. The van der Waals surface area contributed by atoms with Crippen molar-refractivity contribution < 1.29 is 21.9 Å². The molecule has 0 fully saturated rings. The highest BCUT2D eigenvalue weighted by Gasteiger charge is 2.13. The van der Waals surface area contributed by atoms with E-state index in [1.165, 1.54) is 19.1 Å². The Balaban J connectivity index is 2.73. The van der Waals surface area contributed by atoms with Crippen LogP contribution >= 0.6 is 0 Å². The third-order valence-corrected chi connectivity index (χ3v) is 3.81. The van der Waals surface area contributed by atoms with E-state index in [0.717, 1.165) is 0 Å². The topological polar surface area (TPSA) is 55.4 Å². The first-order valence-corrected chi connectivity index (χ1v) is 7.04. The van der Waals surface area contributed by atoms with Crippen LogP contribution in [0.4, 0.5) is 8.78 Å². The second-order valence-corrected chi connectivity index (χ2v) is 5.73. The SMILES string of the molecule is CCS(=O)(=O)NC(C)c1ccc(OC(F)F)cc1. The third kappa shape index (κ3) is 4.58. The third-order valence-electron chi connectivity index (χ3n) is 2.34. The largest absolute Gasteiger partial charge is 0.435 e. The van der Waals surface area contributed by atoms with Gasteiger partial charge in [0.25, 0.3) is 0 Å². The molecular formula is C11H15F2NO3S. The Labute approximate surface area is 105 Å². The minimum atomic E-state index is -3.30. The zero-order chi connectivity index (χ0) is 13.8. The van der Waals surface area contributed by atoms with Gasteiger partial charge in [0.05, 0.1) is 5.75 Å². The highest BCUT2D eigenvalue weighted by Crippen LogP contribution is 2.19. The fourth-order valence-corrected chi connectivity index (χ4v) is 2.20. The number of hydrogen-bond donors (Lipinski definition) is 1.